The molecule has 0 fully saturated rings. The second-order valence-corrected chi connectivity index (χ2v) is 5.04. The summed E-state index contributed by atoms with van der Waals surface area (Å²) < 4.78 is 5.22. The van der Waals surface area contributed by atoms with E-state index in [4.69, 9.17) is 0 Å². The fourth-order valence-corrected chi connectivity index (χ4v) is 2.19. The zero-order valence-electron chi connectivity index (χ0n) is 10.9. The molecule has 0 radical (unpaired) electrons. The number of hydrogen-bond acceptors (Lipinski definition) is 5. The van der Waals surface area contributed by atoms with E-state index in [9.17, 15) is 14.9 Å². The molecule has 0 saturated heterocycles. The summed E-state index contributed by atoms with van der Waals surface area (Å²) in [5.41, 5.74) is 0.711. The van der Waals surface area contributed by atoms with E-state index < -0.39 is 4.92 Å². The van der Waals surface area contributed by atoms with Gasteiger partial charge in [-0.1, -0.05) is 0 Å². The van der Waals surface area contributed by atoms with Gasteiger partial charge in [-0.2, -0.15) is 0 Å². The smallest absolute Gasteiger partial charge is 0.325 e. The van der Waals surface area contributed by atoms with Crippen molar-refractivity contribution < 1.29 is 14.5 Å². The quantitative estimate of drug-likeness (QED) is 0.471. The molecule has 6 nitrogen and oxygen atoms in total. The summed E-state index contributed by atoms with van der Waals surface area (Å²) in [7, 11) is 1.33. The maximum absolute atomic E-state index is 11.4. The van der Waals surface area contributed by atoms with Gasteiger partial charge in [0.05, 0.1) is 17.7 Å². The summed E-state index contributed by atoms with van der Waals surface area (Å²) in [5.74, 6) is -0.362. The summed E-state index contributed by atoms with van der Waals surface area (Å²) >= 11 is 3.30. The van der Waals surface area contributed by atoms with Gasteiger partial charge >= 0.3 is 5.97 Å². The lowest BCUT2D eigenvalue weighted by Crippen LogP contribution is -2.36. The van der Waals surface area contributed by atoms with Crippen LogP contribution in [0.3, 0.4) is 0 Å². The number of halogens is 1. The Morgan fingerprint density at radius 2 is 2.16 bits per heavy atom. The Morgan fingerprint density at radius 1 is 1.53 bits per heavy atom. The molecule has 1 rings (SSSR count). The van der Waals surface area contributed by atoms with Gasteiger partial charge in [0.15, 0.2) is 0 Å². The average Bonchev–Trinajstić information content (AvgIpc) is 2.35. The Bertz CT molecular complexity index is 491. The molecule has 0 N–H and O–H groups in total. The molecule has 0 unspecified atom stereocenters. The average molecular weight is 331 g/mol. The van der Waals surface area contributed by atoms with Crippen molar-refractivity contribution in [2.24, 2.45) is 0 Å². The molecule has 0 aliphatic carbocycles. The maximum atomic E-state index is 11.4. The van der Waals surface area contributed by atoms with Crippen molar-refractivity contribution in [3.63, 3.8) is 0 Å². The number of hydrogen-bond donors (Lipinski definition) is 0. The van der Waals surface area contributed by atoms with Gasteiger partial charge in [-0.3, -0.25) is 14.9 Å². The molecule has 0 atom stereocenters. The maximum Gasteiger partial charge on any atom is 0.325 e. The third kappa shape index (κ3) is 3.92. The van der Waals surface area contributed by atoms with Crippen LogP contribution in [-0.2, 0) is 9.53 Å². The number of ether oxygens (including phenoxy) is 1. The molecule has 1 aromatic rings. The van der Waals surface area contributed by atoms with Crippen LogP contribution in [0.5, 0.6) is 0 Å². The summed E-state index contributed by atoms with van der Waals surface area (Å²) in [5, 5.41) is 10.7. The van der Waals surface area contributed by atoms with Crippen LogP contribution in [0.15, 0.2) is 22.7 Å². The first-order chi connectivity index (χ1) is 8.86. The topological polar surface area (TPSA) is 72.7 Å². The number of methoxy groups -OCH3 is 1. The van der Waals surface area contributed by atoms with Gasteiger partial charge in [-0.15, -0.1) is 0 Å². The van der Waals surface area contributed by atoms with Gasteiger partial charge in [0.1, 0.15) is 6.54 Å². The molecule has 0 aliphatic rings. The number of esters is 1. The Balaban J connectivity index is 3.09. The number of benzene rings is 1. The van der Waals surface area contributed by atoms with E-state index in [1.165, 1.54) is 19.2 Å². The van der Waals surface area contributed by atoms with E-state index in [1.54, 1.807) is 11.0 Å². The zero-order chi connectivity index (χ0) is 14.6. The second kappa shape index (κ2) is 6.51. The molecular weight excluding hydrogens is 316 g/mol. The molecule has 0 saturated carbocycles. The minimum atomic E-state index is -0.464. The predicted molar refractivity (Wildman–Crippen MR) is 75.3 cm³/mol. The number of non-ortho nitro benzene ring substituents is 1. The van der Waals surface area contributed by atoms with Gasteiger partial charge in [0, 0.05) is 22.6 Å². The van der Waals surface area contributed by atoms with E-state index in [2.05, 4.69) is 20.7 Å². The molecule has 0 amide bonds. The van der Waals surface area contributed by atoms with Crippen LogP contribution in [0.1, 0.15) is 13.8 Å². The van der Waals surface area contributed by atoms with Crippen LogP contribution in [0.25, 0.3) is 0 Å². The lowest BCUT2D eigenvalue weighted by molar-refractivity contribution is -0.384. The van der Waals surface area contributed by atoms with Crippen LogP contribution >= 0.6 is 15.9 Å². The minimum absolute atomic E-state index is 0.00241. The summed E-state index contributed by atoms with van der Waals surface area (Å²) in [6.45, 7) is 3.94. The van der Waals surface area contributed by atoms with Crippen LogP contribution in [0, 0.1) is 10.1 Å². The fraction of sp³-hybridized carbons (Fsp3) is 0.417. The highest BCUT2D eigenvalue weighted by Gasteiger charge is 2.19. The third-order valence-electron chi connectivity index (χ3n) is 2.60. The Labute approximate surface area is 119 Å². The Morgan fingerprint density at radius 3 is 2.58 bits per heavy atom. The number of nitro groups is 1. The Hall–Kier alpha value is -1.63. The van der Waals surface area contributed by atoms with Crippen molar-refractivity contribution in [2.75, 3.05) is 18.6 Å². The van der Waals surface area contributed by atoms with E-state index in [1.807, 2.05) is 13.8 Å². The van der Waals surface area contributed by atoms with E-state index in [0.717, 1.165) is 0 Å². The van der Waals surface area contributed by atoms with Crippen molar-refractivity contribution >= 4 is 33.3 Å². The summed E-state index contributed by atoms with van der Waals surface area (Å²) in [6, 6.07) is 4.50. The minimum Gasteiger partial charge on any atom is -0.468 e. The lowest BCUT2D eigenvalue weighted by atomic mass is 10.2. The van der Waals surface area contributed by atoms with Crippen molar-refractivity contribution in [3.05, 3.63) is 32.8 Å². The van der Waals surface area contributed by atoms with Crippen molar-refractivity contribution in [1.82, 2.24) is 0 Å². The highest BCUT2D eigenvalue weighted by molar-refractivity contribution is 9.10. The molecule has 19 heavy (non-hydrogen) atoms. The van der Waals surface area contributed by atoms with Gasteiger partial charge in [0.2, 0.25) is 0 Å². The molecule has 0 aromatic heterocycles. The lowest BCUT2D eigenvalue weighted by Gasteiger charge is -2.28. The molecular formula is C12H15BrN2O4. The molecule has 104 valence electrons. The normalized spacial score (nSPS) is 10.4. The monoisotopic (exact) mass is 330 g/mol. The van der Waals surface area contributed by atoms with Gasteiger partial charge in [-0.25, -0.2) is 0 Å². The molecule has 0 spiro atoms. The van der Waals surface area contributed by atoms with Gasteiger partial charge in [-0.05, 0) is 35.8 Å². The van der Waals surface area contributed by atoms with Gasteiger partial charge in [0.25, 0.3) is 5.69 Å². The molecule has 0 bridgehead atoms. The molecule has 0 heterocycles. The first-order valence-corrected chi connectivity index (χ1v) is 6.43. The standard InChI is InChI=1S/C12H15BrN2O4/c1-8(2)14(7-12(16)19-3)11-5-4-9(15(17)18)6-10(11)13/h4-6,8H,7H2,1-3H3. The number of carbonyl (C=O) groups is 1. The van der Waals surface area contributed by atoms with Crippen molar-refractivity contribution in [1.29, 1.82) is 0 Å². The highest BCUT2D eigenvalue weighted by atomic mass is 79.9. The first-order valence-electron chi connectivity index (χ1n) is 5.64. The first kappa shape index (κ1) is 15.4. The van der Waals surface area contributed by atoms with Crippen LogP contribution in [0.2, 0.25) is 0 Å². The zero-order valence-corrected chi connectivity index (χ0v) is 12.5. The SMILES string of the molecule is COC(=O)CN(c1ccc([N+](=O)[O-])cc1Br)C(C)C. The van der Waals surface area contributed by atoms with Crippen LogP contribution < -0.4 is 4.90 Å². The van der Waals surface area contributed by atoms with Gasteiger partial charge < -0.3 is 9.64 Å². The molecule has 7 heteroatoms. The number of nitrogens with zero attached hydrogens (tertiary/aromatic N) is 2. The fourth-order valence-electron chi connectivity index (χ4n) is 1.59. The molecule has 1 aromatic carbocycles. The van der Waals surface area contributed by atoms with E-state index >= 15 is 0 Å². The largest absolute Gasteiger partial charge is 0.468 e. The van der Waals surface area contributed by atoms with E-state index in [-0.39, 0.29) is 24.2 Å². The van der Waals surface area contributed by atoms with Crippen LogP contribution in [0.4, 0.5) is 11.4 Å². The van der Waals surface area contributed by atoms with Crippen molar-refractivity contribution in [2.45, 2.75) is 19.9 Å². The highest BCUT2D eigenvalue weighted by Crippen LogP contribution is 2.31. The number of carbonyl (C=O) groups excluding carboxylic acids is 1. The van der Waals surface area contributed by atoms with Crippen LogP contribution in [-0.4, -0.2) is 30.6 Å². The Kier molecular flexibility index (Phi) is 5.29. The second-order valence-electron chi connectivity index (χ2n) is 4.19. The third-order valence-corrected chi connectivity index (χ3v) is 3.24. The van der Waals surface area contributed by atoms with Crippen molar-refractivity contribution in [3.8, 4) is 0 Å². The van der Waals surface area contributed by atoms with E-state index in [0.29, 0.717) is 10.2 Å². The number of rotatable bonds is 5. The number of anilines is 1. The number of nitro benzene ring substituents is 1. The predicted octanol–water partition coefficient (Wildman–Crippen LogP) is 2.75. The summed E-state index contributed by atoms with van der Waals surface area (Å²) in [4.78, 5) is 23.4. The summed E-state index contributed by atoms with van der Waals surface area (Å²) in [6.07, 6.45) is 0. The molecule has 0 aliphatic heterocycles.